The van der Waals surface area contributed by atoms with E-state index in [1.54, 1.807) is 6.92 Å². The highest BCUT2D eigenvalue weighted by Gasteiger charge is 2.25. The van der Waals surface area contributed by atoms with Crippen LogP contribution in [0.15, 0.2) is 39.3 Å². The molecule has 2 rings (SSSR count). The average molecular weight is 423 g/mol. The van der Waals surface area contributed by atoms with Gasteiger partial charge in [-0.1, -0.05) is 22.9 Å². The van der Waals surface area contributed by atoms with Gasteiger partial charge in [0.25, 0.3) is 0 Å². The Balaban J connectivity index is 2.64. The van der Waals surface area contributed by atoms with Gasteiger partial charge in [0.15, 0.2) is 0 Å². The summed E-state index contributed by atoms with van der Waals surface area (Å²) >= 11 is 6.28. The molecule has 0 aliphatic heterocycles. The van der Waals surface area contributed by atoms with E-state index in [1.807, 2.05) is 0 Å². The smallest absolute Gasteiger partial charge is 0.145 e. The van der Waals surface area contributed by atoms with Gasteiger partial charge < -0.3 is 5.32 Å². The zero-order valence-electron chi connectivity index (χ0n) is 11.1. The van der Waals surface area contributed by atoms with Crippen molar-refractivity contribution < 1.29 is 13.2 Å². The van der Waals surface area contributed by atoms with Crippen molar-refractivity contribution >= 4 is 31.9 Å². The Bertz CT molecular complexity index is 662. The fourth-order valence-electron chi connectivity index (χ4n) is 2.11. The van der Waals surface area contributed by atoms with Crippen LogP contribution in [0, 0.1) is 17.5 Å². The van der Waals surface area contributed by atoms with Gasteiger partial charge in [-0.05, 0) is 52.8 Å². The Labute approximate surface area is 137 Å². The van der Waals surface area contributed by atoms with Crippen LogP contribution in [0.25, 0.3) is 0 Å². The molecule has 21 heavy (non-hydrogen) atoms. The van der Waals surface area contributed by atoms with Crippen molar-refractivity contribution in [1.82, 2.24) is 5.32 Å². The van der Waals surface area contributed by atoms with Crippen LogP contribution in [-0.4, -0.2) is 6.54 Å². The molecule has 0 saturated carbocycles. The summed E-state index contributed by atoms with van der Waals surface area (Å²) in [6, 6.07) is 5.84. The lowest BCUT2D eigenvalue weighted by atomic mass is 9.97. The van der Waals surface area contributed by atoms with Crippen molar-refractivity contribution in [2.45, 2.75) is 13.0 Å². The first-order valence-electron chi connectivity index (χ1n) is 6.27. The second-order valence-corrected chi connectivity index (χ2v) is 6.18. The van der Waals surface area contributed by atoms with E-state index in [1.165, 1.54) is 24.3 Å². The van der Waals surface area contributed by atoms with Gasteiger partial charge in [0.05, 0.1) is 10.5 Å². The van der Waals surface area contributed by atoms with Gasteiger partial charge >= 0.3 is 0 Å². The average Bonchev–Trinajstić information content (AvgIpc) is 2.45. The summed E-state index contributed by atoms with van der Waals surface area (Å²) < 4.78 is 43.2. The second kappa shape index (κ2) is 6.94. The molecule has 0 bridgehead atoms. The van der Waals surface area contributed by atoms with Gasteiger partial charge in [0, 0.05) is 15.6 Å². The van der Waals surface area contributed by atoms with E-state index >= 15 is 0 Å². The van der Waals surface area contributed by atoms with Gasteiger partial charge in [-0.3, -0.25) is 0 Å². The second-order valence-electron chi connectivity index (χ2n) is 4.41. The van der Waals surface area contributed by atoms with E-state index < -0.39 is 23.5 Å². The van der Waals surface area contributed by atoms with E-state index in [-0.39, 0.29) is 15.6 Å². The number of hydrogen-bond acceptors (Lipinski definition) is 1. The molecule has 0 fully saturated rings. The number of hydrogen-bond donors (Lipinski definition) is 1. The Morgan fingerprint density at radius 2 is 1.71 bits per heavy atom. The summed E-state index contributed by atoms with van der Waals surface area (Å²) in [5.74, 6) is -1.98. The SMILES string of the molecule is CCNC(c1cc(Br)ccc1F)c1c(F)ccc(Br)c1F. The molecular weight excluding hydrogens is 411 g/mol. The van der Waals surface area contributed by atoms with Crippen LogP contribution in [-0.2, 0) is 0 Å². The van der Waals surface area contributed by atoms with E-state index in [0.717, 1.165) is 6.07 Å². The van der Waals surface area contributed by atoms with E-state index in [4.69, 9.17) is 0 Å². The zero-order valence-corrected chi connectivity index (χ0v) is 14.2. The lowest BCUT2D eigenvalue weighted by molar-refractivity contribution is 0.493. The molecule has 2 aromatic rings. The maximum atomic E-state index is 14.3. The third kappa shape index (κ3) is 3.49. The predicted octanol–water partition coefficient (Wildman–Crippen LogP) is 5.33. The minimum Gasteiger partial charge on any atom is -0.306 e. The third-order valence-corrected chi connectivity index (χ3v) is 4.15. The first kappa shape index (κ1) is 16.5. The predicted molar refractivity (Wildman–Crippen MR) is 83.7 cm³/mol. The fraction of sp³-hybridized carbons (Fsp3) is 0.200. The van der Waals surface area contributed by atoms with Gasteiger partial charge in [0.2, 0.25) is 0 Å². The van der Waals surface area contributed by atoms with Crippen LogP contribution in [0.4, 0.5) is 13.2 Å². The Morgan fingerprint density at radius 1 is 1.05 bits per heavy atom. The number of rotatable bonds is 4. The maximum absolute atomic E-state index is 14.3. The number of nitrogens with one attached hydrogen (secondary N) is 1. The molecule has 1 nitrogen and oxygen atoms in total. The third-order valence-electron chi connectivity index (χ3n) is 3.05. The van der Waals surface area contributed by atoms with E-state index in [9.17, 15) is 13.2 Å². The van der Waals surface area contributed by atoms with Crippen LogP contribution < -0.4 is 5.32 Å². The summed E-state index contributed by atoms with van der Waals surface area (Å²) in [5, 5.41) is 2.93. The Morgan fingerprint density at radius 3 is 2.38 bits per heavy atom. The van der Waals surface area contributed by atoms with Crippen molar-refractivity contribution in [1.29, 1.82) is 0 Å². The number of benzene rings is 2. The van der Waals surface area contributed by atoms with Gasteiger partial charge in [-0.2, -0.15) is 0 Å². The minimum absolute atomic E-state index is 0.136. The molecule has 2 aromatic carbocycles. The van der Waals surface area contributed by atoms with Crippen molar-refractivity contribution in [2.24, 2.45) is 0 Å². The van der Waals surface area contributed by atoms with E-state index in [2.05, 4.69) is 37.2 Å². The molecule has 0 aliphatic rings. The summed E-state index contributed by atoms with van der Waals surface area (Å²) in [6.07, 6.45) is 0. The van der Waals surface area contributed by atoms with Crippen molar-refractivity contribution in [3.8, 4) is 0 Å². The summed E-state index contributed by atoms with van der Waals surface area (Å²) in [4.78, 5) is 0. The molecule has 0 amide bonds. The lowest BCUT2D eigenvalue weighted by Gasteiger charge is -2.21. The van der Waals surface area contributed by atoms with Crippen LogP contribution >= 0.6 is 31.9 Å². The topological polar surface area (TPSA) is 12.0 Å². The van der Waals surface area contributed by atoms with E-state index in [0.29, 0.717) is 11.0 Å². The normalized spacial score (nSPS) is 12.5. The van der Waals surface area contributed by atoms with Gasteiger partial charge in [0.1, 0.15) is 17.5 Å². The molecule has 1 unspecified atom stereocenters. The first-order valence-corrected chi connectivity index (χ1v) is 7.86. The molecular formula is C15H12Br2F3N. The molecule has 6 heteroatoms. The molecule has 1 atom stereocenters. The monoisotopic (exact) mass is 421 g/mol. The first-order chi connectivity index (χ1) is 9.95. The molecule has 1 N–H and O–H groups in total. The van der Waals surface area contributed by atoms with Gasteiger partial charge in [-0.15, -0.1) is 0 Å². The molecule has 0 heterocycles. The number of halogens is 5. The Kier molecular flexibility index (Phi) is 5.46. The maximum Gasteiger partial charge on any atom is 0.145 e. The quantitative estimate of drug-likeness (QED) is 0.656. The zero-order chi connectivity index (χ0) is 15.6. The van der Waals surface area contributed by atoms with Crippen molar-refractivity contribution in [2.75, 3.05) is 6.54 Å². The molecule has 112 valence electrons. The fourth-order valence-corrected chi connectivity index (χ4v) is 2.84. The highest BCUT2D eigenvalue weighted by atomic mass is 79.9. The summed E-state index contributed by atoms with van der Waals surface area (Å²) in [6.45, 7) is 2.22. The molecule has 0 spiro atoms. The van der Waals surface area contributed by atoms with Crippen LogP contribution in [0.1, 0.15) is 24.1 Å². The molecule has 0 aromatic heterocycles. The van der Waals surface area contributed by atoms with Crippen LogP contribution in [0.3, 0.4) is 0 Å². The highest BCUT2D eigenvalue weighted by molar-refractivity contribution is 9.10. The largest absolute Gasteiger partial charge is 0.306 e. The minimum atomic E-state index is -0.912. The standard InChI is InChI=1S/C15H12Br2F3N/c1-2-21-15(9-7-8(16)3-5-11(9)18)13-12(19)6-4-10(17)14(13)20/h3-7,15,21H,2H2,1H3. The lowest BCUT2D eigenvalue weighted by Crippen LogP contribution is -2.25. The molecule has 0 aliphatic carbocycles. The van der Waals surface area contributed by atoms with Crippen molar-refractivity contribution in [3.05, 3.63) is 67.9 Å². The van der Waals surface area contributed by atoms with Crippen LogP contribution in [0.2, 0.25) is 0 Å². The van der Waals surface area contributed by atoms with Crippen molar-refractivity contribution in [3.63, 3.8) is 0 Å². The molecule has 0 saturated heterocycles. The summed E-state index contributed by atoms with van der Waals surface area (Å²) in [7, 11) is 0. The highest BCUT2D eigenvalue weighted by Crippen LogP contribution is 2.33. The summed E-state index contributed by atoms with van der Waals surface area (Å²) in [5.41, 5.74) is -0.0228. The Hall–Kier alpha value is -0.850. The van der Waals surface area contributed by atoms with Crippen LogP contribution in [0.5, 0.6) is 0 Å². The molecule has 0 radical (unpaired) electrons. The van der Waals surface area contributed by atoms with Gasteiger partial charge in [-0.25, -0.2) is 13.2 Å².